The van der Waals surface area contributed by atoms with Crippen molar-refractivity contribution in [3.8, 4) is 0 Å². The molecule has 1 atom stereocenters. The van der Waals surface area contributed by atoms with E-state index in [2.05, 4.69) is 0 Å². The first-order chi connectivity index (χ1) is 16.9. The summed E-state index contributed by atoms with van der Waals surface area (Å²) in [4.78, 5) is 40.4. The number of amides is 1. The summed E-state index contributed by atoms with van der Waals surface area (Å²) in [6.07, 6.45) is 0.638. The summed E-state index contributed by atoms with van der Waals surface area (Å²) in [5.74, 6) is -2.05. The molecule has 0 aromatic heterocycles. The van der Waals surface area contributed by atoms with E-state index >= 15 is 0 Å². The highest BCUT2D eigenvalue weighted by atomic mass is 16.5. The van der Waals surface area contributed by atoms with E-state index in [-0.39, 0.29) is 29.9 Å². The number of hydrogen-bond acceptors (Lipinski definition) is 5. The van der Waals surface area contributed by atoms with E-state index in [9.17, 15) is 19.5 Å². The summed E-state index contributed by atoms with van der Waals surface area (Å²) in [6, 6.07) is 22.7. The molecule has 1 unspecified atom stereocenters. The van der Waals surface area contributed by atoms with Gasteiger partial charge in [0.15, 0.2) is 11.5 Å². The Morgan fingerprint density at radius 2 is 1.71 bits per heavy atom. The van der Waals surface area contributed by atoms with E-state index in [1.165, 1.54) is 4.90 Å². The molecular weight excluding hydrogens is 442 g/mol. The smallest absolute Gasteiger partial charge is 0.338 e. The van der Waals surface area contributed by atoms with Gasteiger partial charge in [-0.3, -0.25) is 14.5 Å². The Kier molecular flexibility index (Phi) is 7.11. The lowest BCUT2D eigenvalue weighted by Crippen LogP contribution is -2.31. The van der Waals surface area contributed by atoms with Crippen molar-refractivity contribution >= 4 is 23.3 Å². The SMILES string of the molecule is CCOC(=O)c1cccc(N2C(=O)C(O)=C(C(=O)CCc3ccccc3)C2c2cccc(C)c2)c1. The van der Waals surface area contributed by atoms with Gasteiger partial charge < -0.3 is 9.84 Å². The van der Waals surface area contributed by atoms with E-state index in [0.29, 0.717) is 17.7 Å². The molecule has 0 radical (unpaired) electrons. The van der Waals surface area contributed by atoms with Crippen LogP contribution in [0.3, 0.4) is 0 Å². The fourth-order valence-electron chi connectivity index (χ4n) is 4.35. The van der Waals surface area contributed by atoms with Crippen LogP contribution in [-0.2, 0) is 20.7 Å². The Hall–Kier alpha value is -4.19. The van der Waals surface area contributed by atoms with E-state index in [0.717, 1.165) is 11.1 Å². The highest BCUT2D eigenvalue weighted by Crippen LogP contribution is 2.41. The summed E-state index contributed by atoms with van der Waals surface area (Å²) in [7, 11) is 0. The minimum Gasteiger partial charge on any atom is -0.503 e. The number of carbonyl (C=O) groups is 3. The van der Waals surface area contributed by atoms with Crippen LogP contribution in [-0.4, -0.2) is 29.4 Å². The number of esters is 1. The summed E-state index contributed by atoms with van der Waals surface area (Å²) in [5, 5.41) is 10.9. The van der Waals surface area contributed by atoms with Gasteiger partial charge in [0.1, 0.15) is 0 Å². The first-order valence-corrected chi connectivity index (χ1v) is 11.6. The average molecular weight is 470 g/mol. The Morgan fingerprint density at radius 3 is 2.43 bits per heavy atom. The van der Waals surface area contributed by atoms with Gasteiger partial charge in [-0.15, -0.1) is 0 Å². The number of ketones is 1. The van der Waals surface area contributed by atoms with Gasteiger partial charge in [0, 0.05) is 12.1 Å². The summed E-state index contributed by atoms with van der Waals surface area (Å²) in [6.45, 7) is 3.86. The molecule has 6 heteroatoms. The molecule has 0 saturated carbocycles. The number of rotatable bonds is 8. The van der Waals surface area contributed by atoms with Crippen LogP contribution >= 0.6 is 0 Å². The minimum atomic E-state index is -0.817. The first kappa shape index (κ1) is 24.0. The lowest BCUT2D eigenvalue weighted by atomic mass is 9.92. The second kappa shape index (κ2) is 10.4. The van der Waals surface area contributed by atoms with E-state index in [1.807, 2.05) is 61.5 Å². The molecule has 1 aliphatic heterocycles. The van der Waals surface area contributed by atoms with Gasteiger partial charge in [-0.05, 0) is 49.6 Å². The van der Waals surface area contributed by atoms with Crippen molar-refractivity contribution in [2.45, 2.75) is 32.7 Å². The van der Waals surface area contributed by atoms with Crippen LogP contribution in [0, 0.1) is 6.92 Å². The van der Waals surface area contributed by atoms with Crippen LogP contribution in [0.5, 0.6) is 0 Å². The van der Waals surface area contributed by atoms with Crippen LogP contribution in [0.4, 0.5) is 5.69 Å². The van der Waals surface area contributed by atoms with Crippen molar-refractivity contribution < 1.29 is 24.2 Å². The molecule has 4 rings (SSSR count). The molecule has 0 aliphatic carbocycles. The van der Waals surface area contributed by atoms with Crippen LogP contribution in [0.1, 0.15) is 46.4 Å². The second-order valence-corrected chi connectivity index (χ2v) is 8.43. The molecule has 0 spiro atoms. The third-order valence-corrected chi connectivity index (χ3v) is 5.99. The predicted molar refractivity (Wildman–Crippen MR) is 133 cm³/mol. The number of aryl methyl sites for hydroxylation is 2. The zero-order chi connectivity index (χ0) is 24.9. The normalized spacial score (nSPS) is 15.4. The van der Waals surface area contributed by atoms with Crippen LogP contribution < -0.4 is 4.90 Å². The molecule has 1 heterocycles. The predicted octanol–water partition coefficient (Wildman–Crippen LogP) is 5.27. The zero-order valence-electron chi connectivity index (χ0n) is 19.7. The highest BCUT2D eigenvalue weighted by molar-refractivity contribution is 6.16. The molecule has 1 N–H and O–H groups in total. The molecule has 35 heavy (non-hydrogen) atoms. The van der Waals surface area contributed by atoms with Crippen molar-refractivity contribution in [2.75, 3.05) is 11.5 Å². The molecule has 3 aromatic carbocycles. The summed E-state index contributed by atoms with van der Waals surface area (Å²) >= 11 is 0. The van der Waals surface area contributed by atoms with Gasteiger partial charge in [-0.2, -0.15) is 0 Å². The zero-order valence-corrected chi connectivity index (χ0v) is 19.7. The van der Waals surface area contributed by atoms with Crippen LogP contribution in [0.2, 0.25) is 0 Å². The third kappa shape index (κ3) is 5.01. The number of carbonyl (C=O) groups excluding carboxylic acids is 3. The topological polar surface area (TPSA) is 83.9 Å². The van der Waals surface area contributed by atoms with Crippen molar-refractivity contribution in [3.05, 3.63) is 112 Å². The van der Waals surface area contributed by atoms with E-state index in [1.54, 1.807) is 31.2 Å². The molecule has 0 fully saturated rings. The van der Waals surface area contributed by atoms with Gasteiger partial charge in [0.2, 0.25) is 0 Å². The van der Waals surface area contributed by atoms with Gasteiger partial charge in [-0.1, -0.05) is 66.2 Å². The van der Waals surface area contributed by atoms with Crippen LogP contribution in [0.25, 0.3) is 0 Å². The fraction of sp³-hybridized carbons (Fsp3) is 0.207. The molecule has 1 amide bonds. The van der Waals surface area contributed by atoms with Gasteiger partial charge in [0.25, 0.3) is 5.91 Å². The number of Topliss-reactive ketones (excluding diaryl/α,β-unsaturated/α-hetero) is 1. The lowest BCUT2D eigenvalue weighted by Gasteiger charge is -2.27. The highest BCUT2D eigenvalue weighted by Gasteiger charge is 2.44. The summed E-state index contributed by atoms with van der Waals surface area (Å²) in [5.41, 5.74) is 3.40. The number of anilines is 1. The molecule has 1 aliphatic rings. The van der Waals surface area contributed by atoms with Crippen molar-refractivity contribution in [1.29, 1.82) is 0 Å². The maximum atomic E-state index is 13.4. The van der Waals surface area contributed by atoms with Gasteiger partial charge in [0.05, 0.1) is 23.8 Å². The van der Waals surface area contributed by atoms with Crippen molar-refractivity contribution in [2.24, 2.45) is 0 Å². The number of aliphatic hydroxyl groups is 1. The monoisotopic (exact) mass is 469 g/mol. The number of aliphatic hydroxyl groups excluding tert-OH is 1. The number of hydrogen-bond donors (Lipinski definition) is 1. The molecule has 178 valence electrons. The lowest BCUT2D eigenvalue weighted by molar-refractivity contribution is -0.118. The standard InChI is InChI=1S/C29H27NO5/c1-3-35-29(34)22-13-8-14-23(18-22)30-26(21-12-7-9-19(2)17-21)25(27(32)28(30)33)24(31)16-15-20-10-5-4-6-11-20/h4-14,17-18,26,32H,3,15-16H2,1-2H3. The fourth-order valence-corrected chi connectivity index (χ4v) is 4.35. The third-order valence-electron chi connectivity index (χ3n) is 5.99. The minimum absolute atomic E-state index is 0.0677. The largest absolute Gasteiger partial charge is 0.503 e. The molecule has 0 saturated heterocycles. The van der Waals surface area contributed by atoms with Crippen molar-refractivity contribution in [1.82, 2.24) is 0 Å². The maximum absolute atomic E-state index is 13.4. The molecule has 0 bridgehead atoms. The first-order valence-electron chi connectivity index (χ1n) is 11.6. The molecule has 3 aromatic rings. The second-order valence-electron chi connectivity index (χ2n) is 8.43. The Balaban J connectivity index is 1.74. The summed E-state index contributed by atoms with van der Waals surface area (Å²) < 4.78 is 5.10. The average Bonchev–Trinajstić information content (AvgIpc) is 3.14. The van der Waals surface area contributed by atoms with Gasteiger partial charge in [-0.25, -0.2) is 4.79 Å². The number of nitrogens with zero attached hydrogens (tertiary/aromatic N) is 1. The molecular formula is C29H27NO5. The Labute approximate surface area is 204 Å². The quantitative estimate of drug-likeness (QED) is 0.454. The van der Waals surface area contributed by atoms with E-state index in [4.69, 9.17) is 4.74 Å². The van der Waals surface area contributed by atoms with E-state index < -0.39 is 23.7 Å². The number of ether oxygens (including phenoxy) is 1. The Morgan fingerprint density at radius 1 is 0.971 bits per heavy atom. The maximum Gasteiger partial charge on any atom is 0.338 e. The van der Waals surface area contributed by atoms with Crippen molar-refractivity contribution in [3.63, 3.8) is 0 Å². The number of benzene rings is 3. The van der Waals surface area contributed by atoms with Crippen LogP contribution in [0.15, 0.2) is 90.2 Å². The van der Waals surface area contributed by atoms with Gasteiger partial charge >= 0.3 is 5.97 Å². The molecule has 6 nitrogen and oxygen atoms in total. The Bertz CT molecular complexity index is 1300.